The zero-order chi connectivity index (χ0) is 15.4. The molecule has 1 N–H and O–H groups in total. The molecule has 0 radical (unpaired) electrons. The van der Waals surface area contributed by atoms with Crippen molar-refractivity contribution in [3.05, 3.63) is 50.6 Å². The molecule has 2 nitrogen and oxygen atoms in total. The first-order valence-electron chi connectivity index (χ1n) is 7.25. The number of rotatable bonds is 6. The van der Waals surface area contributed by atoms with E-state index in [-0.39, 0.29) is 0 Å². The Morgan fingerprint density at radius 2 is 2.05 bits per heavy atom. The first kappa shape index (κ1) is 16.5. The summed E-state index contributed by atoms with van der Waals surface area (Å²) < 4.78 is 1.13. The van der Waals surface area contributed by atoms with Crippen LogP contribution in [0, 0.1) is 0 Å². The topological polar surface area (TPSA) is 15.3 Å². The second kappa shape index (κ2) is 7.43. The summed E-state index contributed by atoms with van der Waals surface area (Å²) in [4.78, 5) is 3.82. The molecule has 2 unspecified atom stereocenters. The van der Waals surface area contributed by atoms with Crippen LogP contribution >= 0.6 is 27.3 Å². The molecular weight excluding hydrogens is 344 g/mol. The van der Waals surface area contributed by atoms with Crippen molar-refractivity contribution in [1.29, 1.82) is 0 Å². The number of benzene rings is 1. The molecule has 1 heterocycles. The van der Waals surface area contributed by atoms with Crippen LogP contribution in [-0.4, -0.2) is 20.1 Å². The van der Waals surface area contributed by atoms with Crippen LogP contribution in [0.5, 0.6) is 0 Å². The Balaban J connectivity index is 2.23. The van der Waals surface area contributed by atoms with Crippen molar-refractivity contribution >= 4 is 33.0 Å². The Morgan fingerprint density at radius 3 is 2.67 bits per heavy atom. The molecule has 4 heteroatoms. The summed E-state index contributed by atoms with van der Waals surface area (Å²) in [7, 11) is 4.19. The number of thiophene rings is 1. The Labute approximate surface area is 140 Å². The number of nitrogens with zero attached hydrogens (tertiary/aromatic N) is 1. The van der Waals surface area contributed by atoms with Crippen LogP contribution < -0.4 is 10.2 Å². The summed E-state index contributed by atoms with van der Waals surface area (Å²) in [5, 5.41) is 5.49. The van der Waals surface area contributed by atoms with Crippen molar-refractivity contribution in [1.82, 2.24) is 5.32 Å². The molecule has 21 heavy (non-hydrogen) atoms. The predicted molar refractivity (Wildman–Crippen MR) is 97.5 cm³/mol. The third-order valence-electron chi connectivity index (χ3n) is 4.01. The van der Waals surface area contributed by atoms with Gasteiger partial charge in [-0.3, -0.25) is 0 Å². The third kappa shape index (κ3) is 4.09. The van der Waals surface area contributed by atoms with Gasteiger partial charge in [0, 0.05) is 40.6 Å². The van der Waals surface area contributed by atoms with Crippen LogP contribution in [0.2, 0.25) is 0 Å². The Morgan fingerprint density at radius 1 is 1.29 bits per heavy atom. The number of likely N-dealkylation sites (N-methyl/N-ethyl adjacent to an activating group) is 1. The summed E-state index contributed by atoms with van der Waals surface area (Å²) in [6, 6.07) is 11.7. The van der Waals surface area contributed by atoms with Crippen LogP contribution in [0.3, 0.4) is 0 Å². The van der Waals surface area contributed by atoms with Crippen molar-refractivity contribution < 1.29 is 0 Å². The number of halogens is 1. The second-order valence-electron chi connectivity index (χ2n) is 5.46. The molecule has 0 bridgehead atoms. The fraction of sp³-hybridized carbons (Fsp3) is 0.412. The molecule has 1 aromatic heterocycles. The lowest BCUT2D eigenvalue weighted by atomic mass is 10.0. The normalized spacial score (nSPS) is 14.0. The van der Waals surface area contributed by atoms with Crippen molar-refractivity contribution in [2.75, 3.05) is 19.0 Å². The van der Waals surface area contributed by atoms with Gasteiger partial charge in [0.15, 0.2) is 0 Å². The lowest BCUT2D eigenvalue weighted by molar-refractivity contribution is 0.636. The number of nitrogens with one attached hydrogen (secondary N) is 1. The monoisotopic (exact) mass is 366 g/mol. The van der Waals surface area contributed by atoms with Gasteiger partial charge in [0.25, 0.3) is 0 Å². The van der Waals surface area contributed by atoms with E-state index in [1.807, 2.05) is 18.4 Å². The van der Waals surface area contributed by atoms with Crippen molar-refractivity contribution in [3.8, 4) is 0 Å². The highest BCUT2D eigenvalue weighted by Crippen LogP contribution is 2.30. The highest BCUT2D eigenvalue weighted by atomic mass is 79.9. The largest absolute Gasteiger partial charge is 0.371 e. The molecule has 0 fully saturated rings. The van der Waals surface area contributed by atoms with E-state index in [0.29, 0.717) is 12.1 Å². The molecule has 0 saturated heterocycles. The zero-order valence-electron chi connectivity index (χ0n) is 13.1. The van der Waals surface area contributed by atoms with Crippen LogP contribution in [-0.2, 0) is 6.42 Å². The fourth-order valence-electron chi connectivity index (χ4n) is 2.44. The third-order valence-corrected chi connectivity index (χ3v) is 5.40. The molecule has 0 aliphatic rings. The molecule has 1 aromatic carbocycles. The summed E-state index contributed by atoms with van der Waals surface area (Å²) in [5.74, 6) is 0. The lowest BCUT2D eigenvalue weighted by Crippen LogP contribution is -2.32. The van der Waals surface area contributed by atoms with Crippen molar-refractivity contribution in [2.45, 2.75) is 32.4 Å². The fourth-order valence-corrected chi connectivity index (χ4v) is 3.65. The number of hydrogen-bond donors (Lipinski definition) is 1. The van der Waals surface area contributed by atoms with Gasteiger partial charge in [-0.1, -0.05) is 22.0 Å². The molecule has 114 valence electrons. The molecule has 2 rings (SSSR count). The first-order valence-corrected chi connectivity index (χ1v) is 8.92. The Bertz CT molecular complexity index is 568. The molecule has 0 saturated carbocycles. The number of hydrogen-bond acceptors (Lipinski definition) is 3. The molecule has 0 aliphatic heterocycles. The molecular formula is C17H23BrN2S. The minimum atomic E-state index is 0.328. The molecule has 0 aliphatic carbocycles. The molecule has 0 amide bonds. The van der Waals surface area contributed by atoms with Gasteiger partial charge in [0.05, 0.1) is 0 Å². The van der Waals surface area contributed by atoms with E-state index < -0.39 is 0 Å². The SMILES string of the molecule is CNC(C)c1cc(Br)ccc1N(C)C(C)Cc1cccs1. The summed E-state index contributed by atoms with van der Waals surface area (Å²) in [6.45, 7) is 4.48. The molecule has 0 spiro atoms. The van der Waals surface area contributed by atoms with Gasteiger partial charge in [-0.15, -0.1) is 11.3 Å². The highest BCUT2D eigenvalue weighted by molar-refractivity contribution is 9.10. The van der Waals surface area contributed by atoms with Gasteiger partial charge in [-0.25, -0.2) is 0 Å². The van der Waals surface area contributed by atoms with E-state index in [0.717, 1.165) is 10.9 Å². The van der Waals surface area contributed by atoms with E-state index in [9.17, 15) is 0 Å². The predicted octanol–water partition coefficient (Wildman–Crippen LogP) is 4.86. The van der Waals surface area contributed by atoms with Gasteiger partial charge >= 0.3 is 0 Å². The maximum Gasteiger partial charge on any atom is 0.0415 e. The van der Waals surface area contributed by atoms with Crippen LogP contribution in [0.25, 0.3) is 0 Å². The standard InChI is InChI=1S/C17H23BrN2S/c1-12(10-15-6-5-9-21-15)20(4)17-8-7-14(18)11-16(17)13(2)19-3/h5-9,11-13,19H,10H2,1-4H3. The van der Waals surface area contributed by atoms with Crippen molar-refractivity contribution in [3.63, 3.8) is 0 Å². The summed E-state index contributed by atoms with van der Waals surface area (Å²) >= 11 is 5.42. The number of anilines is 1. The van der Waals surface area contributed by atoms with Gasteiger partial charge in [0.2, 0.25) is 0 Å². The van der Waals surface area contributed by atoms with E-state index in [1.54, 1.807) is 0 Å². The van der Waals surface area contributed by atoms with Gasteiger partial charge in [-0.05, 0) is 56.1 Å². The summed E-state index contributed by atoms with van der Waals surface area (Å²) in [5.41, 5.74) is 2.62. The van der Waals surface area contributed by atoms with Crippen LogP contribution in [0.1, 0.15) is 30.3 Å². The Kier molecular flexibility index (Phi) is 5.85. The van der Waals surface area contributed by atoms with E-state index in [2.05, 4.69) is 82.8 Å². The zero-order valence-corrected chi connectivity index (χ0v) is 15.5. The molecule has 2 atom stereocenters. The van der Waals surface area contributed by atoms with Gasteiger partial charge in [-0.2, -0.15) is 0 Å². The minimum absolute atomic E-state index is 0.328. The Hall–Kier alpha value is -0.840. The lowest BCUT2D eigenvalue weighted by Gasteiger charge is -2.30. The van der Waals surface area contributed by atoms with Gasteiger partial charge in [0.1, 0.15) is 0 Å². The maximum absolute atomic E-state index is 3.58. The molecule has 2 aromatic rings. The summed E-state index contributed by atoms with van der Waals surface area (Å²) in [6.07, 6.45) is 1.08. The van der Waals surface area contributed by atoms with E-state index in [1.165, 1.54) is 16.1 Å². The minimum Gasteiger partial charge on any atom is -0.371 e. The van der Waals surface area contributed by atoms with Crippen molar-refractivity contribution in [2.24, 2.45) is 0 Å². The quantitative estimate of drug-likeness (QED) is 0.785. The average Bonchev–Trinajstić information content (AvgIpc) is 2.98. The highest BCUT2D eigenvalue weighted by Gasteiger charge is 2.17. The van der Waals surface area contributed by atoms with E-state index in [4.69, 9.17) is 0 Å². The van der Waals surface area contributed by atoms with E-state index >= 15 is 0 Å². The van der Waals surface area contributed by atoms with Crippen LogP contribution in [0.15, 0.2) is 40.2 Å². The average molecular weight is 367 g/mol. The van der Waals surface area contributed by atoms with Gasteiger partial charge < -0.3 is 10.2 Å². The first-order chi connectivity index (χ1) is 10.0. The smallest absolute Gasteiger partial charge is 0.0415 e. The van der Waals surface area contributed by atoms with Crippen LogP contribution in [0.4, 0.5) is 5.69 Å². The second-order valence-corrected chi connectivity index (χ2v) is 7.40. The maximum atomic E-state index is 3.58.